The third kappa shape index (κ3) is 6.63. The first-order valence-electron chi connectivity index (χ1n) is 10.3. The summed E-state index contributed by atoms with van der Waals surface area (Å²) in [5.41, 5.74) is 2.20. The van der Waals surface area contributed by atoms with Crippen LogP contribution in [0.25, 0.3) is 0 Å². The van der Waals surface area contributed by atoms with E-state index in [1.165, 1.54) is 0 Å². The third-order valence-electron chi connectivity index (χ3n) is 4.87. The molecule has 0 saturated heterocycles. The second-order valence-corrected chi connectivity index (χ2v) is 7.16. The molecule has 2 rings (SSSR count). The molecule has 2 aromatic carbocycles. The highest BCUT2D eigenvalue weighted by Gasteiger charge is 2.20. The van der Waals surface area contributed by atoms with Crippen molar-refractivity contribution < 1.29 is 19.1 Å². The largest absolute Gasteiger partial charge is 0.494 e. The molecule has 0 unspecified atom stereocenters. The Morgan fingerprint density at radius 3 is 2.34 bits per heavy atom. The number of para-hydroxylation sites is 1. The molecule has 0 saturated carbocycles. The van der Waals surface area contributed by atoms with Gasteiger partial charge in [-0.3, -0.25) is 4.79 Å². The van der Waals surface area contributed by atoms with Crippen molar-refractivity contribution in [2.75, 3.05) is 11.9 Å². The van der Waals surface area contributed by atoms with E-state index in [1.54, 1.807) is 31.2 Å². The number of unbranched alkanes of at least 4 members (excludes halogenated alkanes) is 1. The first-order chi connectivity index (χ1) is 14.0. The number of carbonyl (C=O) groups is 2. The van der Waals surface area contributed by atoms with E-state index in [-0.39, 0.29) is 5.91 Å². The number of benzene rings is 2. The summed E-state index contributed by atoms with van der Waals surface area (Å²) in [6.45, 7) is 8.54. The normalized spacial score (nSPS) is 12.7. The monoisotopic (exact) mass is 397 g/mol. The van der Waals surface area contributed by atoms with Gasteiger partial charge in [-0.2, -0.15) is 0 Å². The molecule has 5 nitrogen and oxygen atoms in total. The Morgan fingerprint density at radius 2 is 1.69 bits per heavy atom. The fourth-order valence-corrected chi connectivity index (χ4v) is 2.80. The molecule has 0 aliphatic carbocycles. The van der Waals surface area contributed by atoms with Gasteiger partial charge in [0.15, 0.2) is 6.10 Å². The van der Waals surface area contributed by atoms with Crippen LogP contribution in [0.4, 0.5) is 5.69 Å². The van der Waals surface area contributed by atoms with Gasteiger partial charge < -0.3 is 14.8 Å². The van der Waals surface area contributed by atoms with Gasteiger partial charge in [0.2, 0.25) is 0 Å². The van der Waals surface area contributed by atoms with E-state index >= 15 is 0 Å². The zero-order valence-electron chi connectivity index (χ0n) is 17.7. The Morgan fingerprint density at radius 1 is 1.00 bits per heavy atom. The van der Waals surface area contributed by atoms with Gasteiger partial charge in [0, 0.05) is 5.69 Å². The van der Waals surface area contributed by atoms with Crippen molar-refractivity contribution in [2.45, 2.75) is 59.0 Å². The van der Waals surface area contributed by atoms with Gasteiger partial charge in [-0.1, -0.05) is 45.4 Å². The highest BCUT2D eigenvalue weighted by molar-refractivity contribution is 5.97. The number of ether oxygens (including phenoxy) is 2. The molecule has 0 spiro atoms. The zero-order chi connectivity index (χ0) is 21.2. The van der Waals surface area contributed by atoms with Crippen molar-refractivity contribution in [1.29, 1.82) is 0 Å². The lowest BCUT2D eigenvalue weighted by Crippen LogP contribution is -2.30. The van der Waals surface area contributed by atoms with E-state index in [4.69, 9.17) is 9.47 Å². The fraction of sp³-hybridized carbons (Fsp3) is 0.417. The van der Waals surface area contributed by atoms with E-state index in [2.05, 4.69) is 26.1 Å². The minimum Gasteiger partial charge on any atom is -0.494 e. The first-order valence-corrected chi connectivity index (χ1v) is 10.3. The van der Waals surface area contributed by atoms with Gasteiger partial charge in [-0.15, -0.1) is 0 Å². The second kappa shape index (κ2) is 11.2. The maximum atomic E-state index is 12.5. The maximum Gasteiger partial charge on any atom is 0.338 e. The third-order valence-corrected chi connectivity index (χ3v) is 4.87. The lowest BCUT2D eigenvalue weighted by Gasteiger charge is -2.18. The fourth-order valence-electron chi connectivity index (χ4n) is 2.80. The summed E-state index contributed by atoms with van der Waals surface area (Å²) in [5, 5.41) is 2.88. The number of anilines is 1. The smallest absolute Gasteiger partial charge is 0.338 e. The molecule has 0 aliphatic rings. The summed E-state index contributed by atoms with van der Waals surface area (Å²) in [5.74, 6) is 0.140. The lowest BCUT2D eigenvalue weighted by atomic mass is 9.97. The van der Waals surface area contributed by atoms with Gasteiger partial charge in [0.1, 0.15) is 5.75 Å². The molecule has 0 fully saturated rings. The number of carbonyl (C=O) groups excluding carboxylic acids is 2. The Kier molecular flexibility index (Phi) is 8.71. The predicted molar refractivity (Wildman–Crippen MR) is 116 cm³/mol. The maximum absolute atomic E-state index is 12.5. The molecule has 0 aliphatic heterocycles. The zero-order valence-corrected chi connectivity index (χ0v) is 17.7. The van der Waals surface area contributed by atoms with Crippen LogP contribution in [0.5, 0.6) is 5.75 Å². The van der Waals surface area contributed by atoms with Crippen molar-refractivity contribution in [3.8, 4) is 5.75 Å². The molecule has 0 heterocycles. The Bertz CT molecular complexity index is 801. The molecule has 29 heavy (non-hydrogen) atoms. The molecule has 0 aromatic heterocycles. The lowest BCUT2D eigenvalue weighted by molar-refractivity contribution is -0.123. The van der Waals surface area contributed by atoms with E-state index in [0.29, 0.717) is 23.8 Å². The van der Waals surface area contributed by atoms with Crippen LogP contribution in [0, 0.1) is 0 Å². The summed E-state index contributed by atoms with van der Waals surface area (Å²) in [7, 11) is 0. The standard InChI is InChI=1S/C24H31NO4/c1-5-7-16-28-20-14-12-19(13-15-20)24(27)29-18(4)23(26)25-22-11-9-8-10-21(22)17(3)6-2/h8-15,17-18H,5-7,16H2,1-4H3,(H,25,26)/t17-,18-/m0/s1. The summed E-state index contributed by atoms with van der Waals surface area (Å²) in [6, 6.07) is 14.5. The molecule has 0 bridgehead atoms. The van der Waals surface area contributed by atoms with Crippen LogP contribution in [0.1, 0.15) is 68.8 Å². The minimum atomic E-state index is -0.909. The number of hydrogen-bond donors (Lipinski definition) is 1. The number of hydrogen-bond acceptors (Lipinski definition) is 4. The quantitative estimate of drug-likeness (QED) is 0.421. The van der Waals surface area contributed by atoms with Crippen molar-refractivity contribution >= 4 is 17.6 Å². The summed E-state index contributed by atoms with van der Waals surface area (Å²) < 4.78 is 10.9. The van der Waals surface area contributed by atoms with Crippen LogP contribution in [0.15, 0.2) is 48.5 Å². The summed E-state index contributed by atoms with van der Waals surface area (Å²) >= 11 is 0. The van der Waals surface area contributed by atoms with E-state index in [9.17, 15) is 9.59 Å². The average Bonchev–Trinajstić information content (AvgIpc) is 2.74. The highest BCUT2D eigenvalue weighted by Crippen LogP contribution is 2.26. The van der Waals surface area contributed by atoms with Crippen LogP contribution in [0.2, 0.25) is 0 Å². The number of nitrogens with one attached hydrogen (secondary N) is 1. The molecule has 0 radical (unpaired) electrons. The van der Waals surface area contributed by atoms with Crippen molar-refractivity contribution in [2.24, 2.45) is 0 Å². The van der Waals surface area contributed by atoms with Gasteiger partial charge in [0.05, 0.1) is 12.2 Å². The van der Waals surface area contributed by atoms with Crippen LogP contribution in [-0.2, 0) is 9.53 Å². The molecule has 156 valence electrons. The van der Waals surface area contributed by atoms with Crippen LogP contribution >= 0.6 is 0 Å². The van der Waals surface area contributed by atoms with Crippen LogP contribution in [-0.4, -0.2) is 24.6 Å². The number of rotatable bonds is 10. The first kappa shape index (κ1) is 22.5. The molecule has 2 atom stereocenters. The second-order valence-electron chi connectivity index (χ2n) is 7.16. The Hall–Kier alpha value is -2.82. The van der Waals surface area contributed by atoms with Gasteiger partial charge in [0.25, 0.3) is 5.91 Å². The van der Waals surface area contributed by atoms with Crippen molar-refractivity contribution in [3.63, 3.8) is 0 Å². The van der Waals surface area contributed by atoms with Gasteiger partial charge in [-0.25, -0.2) is 4.79 Å². The molecule has 2 aromatic rings. The van der Waals surface area contributed by atoms with Crippen molar-refractivity contribution in [3.05, 3.63) is 59.7 Å². The predicted octanol–water partition coefficient (Wildman–Crippen LogP) is 5.56. The molecular formula is C24H31NO4. The number of amides is 1. The van der Waals surface area contributed by atoms with E-state index in [1.807, 2.05) is 24.3 Å². The topological polar surface area (TPSA) is 64.6 Å². The number of esters is 1. The van der Waals surface area contributed by atoms with Gasteiger partial charge in [-0.05, 0) is 61.6 Å². The molecule has 1 amide bonds. The van der Waals surface area contributed by atoms with E-state index < -0.39 is 12.1 Å². The van der Waals surface area contributed by atoms with Crippen LogP contribution in [0.3, 0.4) is 0 Å². The minimum absolute atomic E-state index is 0.322. The molecular weight excluding hydrogens is 366 g/mol. The molecule has 1 N–H and O–H groups in total. The highest BCUT2D eigenvalue weighted by atomic mass is 16.5. The Balaban J connectivity index is 1.95. The molecule has 5 heteroatoms. The SMILES string of the molecule is CCCCOc1ccc(C(=O)O[C@@H](C)C(=O)Nc2ccccc2[C@@H](C)CC)cc1. The van der Waals surface area contributed by atoms with Crippen LogP contribution < -0.4 is 10.1 Å². The van der Waals surface area contributed by atoms with E-state index in [0.717, 1.165) is 30.5 Å². The van der Waals surface area contributed by atoms with Crippen molar-refractivity contribution in [1.82, 2.24) is 0 Å². The Labute approximate surface area is 173 Å². The average molecular weight is 398 g/mol. The summed E-state index contributed by atoms with van der Waals surface area (Å²) in [4.78, 5) is 24.9. The summed E-state index contributed by atoms with van der Waals surface area (Å²) in [6.07, 6.45) is 2.10. The van der Waals surface area contributed by atoms with Gasteiger partial charge >= 0.3 is 5.97 Å².